The summed E-state index contributed by atoms with van der Waals surface area (Å²) in [5, 5.41) is 4.92. The molecule has 21 heavy (non-hydrogen) atoms. The Balaban J connectivity index is 1.73. The zero-order valence-corrected chi connectivity index (χ0v) is 13.4. The fraction of sp³-hybridized carbons (Fsp3) is 0.533. The number of thiazole rings is 1. The summed E-state index contributed by atoms with van der Waals surface area (Å²) in [6, 6.07) is 1.68. The molecule has 1 aliphatic rings. The van der Waals surface area contributed by atoms with Gasteiger partial charge in [0, 0.05) is 30.5 Å². The molecule has 0 N–H and O–H groups in total. The molecule has 112 valence electrons. The second-order valence-corrected chi connectivity index (χ2v) is 6.93. The third-order valence-electron chi connectivity index (χ3n) is 3.87. The van der Waals surface area contributed by atoms with Crippen molar-refractivity contribution in [3.8, 4) is 0 Å². The van der Waals surface area contributed by atoms with Crippen LogP contribution in [0, 0.1) is 13.8 Å². The van der Waals surface area contributed by atoms with Crippen molar-refractivity contribution in [2.45, 2.75) is 39.0 Å². The number of carbonyl (C=O) groups excluding carboxylic acids is 1. The van der Waals surface area contributed by atoms with E-state index in [0.717, 1.165) is 17.8 Å². The molecule has 3 rings (SSSR count). The van der Waals surface area contributed by atoms with Crippen molar-refractivity contribution < 1.29 is 9.32 Å². The van der Waals surface area contributed by atoms with Crippen molar-refractivity contribution in [1.29, 1.82) is 0 Å². The quantitative estimate of drug-likeness (QED) is 0.875. The van der Waals surface area contributed by atoms with Gasteiger partial charge in [-0.1, -0.05) is 5.16 Å². The molecule has 0 unspecified atom stereocenters. The van der Waals surface area contributed by atoms with Crippen LogP contribution in [-0.2, 0) is 6.42 Å². The molecule has 1 atom stereocenters. The van der Waals surface area contributed by atoms with Crippen molar-refractivity contribution >= 4 is 17.2 Å². The molecular formula is C15H19N3O2S. The smallest absolute Gasteiger partial charge is 0.275 e. The maximum absolute atomic E-state index is 12.3. The van der Waals surface area contributed by atoms with Crippen LogP contribution in [0.4, 0.5) is 0 Å². The Morgan fingerprint density at radius 2 is 2.33 bits per heavy atom. The molecule has 0 aliphatic heterocycles. The number of aryl methyl sites for hydroxylation is 3. The summed E-state index contributed by atoms with van der Waals surface area (Å²) in [6.45, 7) is 4.52. The zero-order chi connectivity index (χ0) is 15.0. The fourth-order valence-electron chi connectivity index (χ4n) is 2.88. The first-order valence-electron chi connectivity index (χ1n) is 7.19. The topological polar surface area (TPSA) is 59.2 Å². The van der Waals surface area contributed by atoms with Gasteiger partial charge in [0.2, 0.25) is 0 Å². The summed E-state index contributed by atoms with van der Waals surface area (Å²) >= 11 is 1.79. The van der Waals surface area contributed by atoms with E-state index in [9.17, 15) is 4.79 Å². The van der Waals surface area contributed by atoms with Crippen LogP contribution < -0.4 is 0 Å². The minimum atomic E-state index is -0.0917. The Bertz CT molecular complexity index is 662. The molecule has 2 heterocycles. The largest absolute Gasteiger partial charge is 0.361 e. The number of hydrogen-bond donors (Lipinski definition) is 0. The number of carbonyl (C=O) groups is 1. The minimum Gasteiger partial charge on any atom is -0.361 e. The van der Waals surface area contributed by atoms with Crippen LogP contribution in [0.2, 0.25) is 0 Å². The van der Waals surface area contributed by atoms with E-state index in [1.54, 1.807) is 29.2 Å². The number of nitrogens with zero attached hydrogens (tertiary/aromatic N) is 3. The number of likely N-dealkylation sites (N-methyl/N-ethyl adjacent to an activating group) is 1. The van der Waals surface area contributed by atoms with Gasteiger partial charge in [0.05, 0.1) is 10.7 Å². The number of hydrogen-bond acceptors (Lipinski definition) is 5. The molecule has 0 saturated heterocycles. The lowest BCUT2D eigenvalue weighted by molar-refractivity contribution is 0.0772. The summed E-state index contributed by atoms with van der Waals surface area (Å²) in [6.07, 6.45) is 3.38. The molecule has 0 radical (unpaired) electrons. The molecule has 5 nitrogen and oxygen atoms in total. The van der Waals surface area contributed by atoms with E-state index in [1.807, 2.05) is 14.0 Å². The Morgan fingerprint density at radius 3 is 3.05 bits per heavy atom. The summed E-state index contributed by atoms with van der Waals surface area (Å²) in [5.74, 6) is 0.897. The number of aromatic nitrogens is 2. The lowest BCUT2D eigenvalue weighted by Gasteiger charge is -2.26. The highest BCUT2D eigenvalue weighted by molar-refractivity contribution is 7.11. The van der Waals surface area contributed by atoms with E-state index in [4.69, 9.17) is 4.52 Å². The number of fused-ring (bicyclic) bond motifs is 1. The molecule has 2 aromatic heterocycles. The Kier molecular flexibility index (Phi) is 3.80. The molecule has 6 heteroatoms. The van der Waals surface area contributed by atoms with E-state index < -0.39 is 0 Å². The predicted molar refractivity (Wildman–Crippen MR) is 80.7 cm³/mol. The SMILES string of the molecule is Cc1cc(C(=O)N(C)C[C@H]2CCCc3sc(C)nc32)no1. The maximum atomic E-state index is 12.3. The molecule has 0 aromatic carbocycles. The highest BCUT2D eigenvalue weighted by Gasteiger charge is 2.27. The minimum absolute atomic E-state index is 0.0917. The fourth-order valence-corrected chi connectivity index (χ4v) is 3.95. The lowest BCUT2D eigenvalue weighted by atomic mass is 9.90. The van der Waals surface area contributed by atoms with Gasteiger partial charge in [0.25, 0.3) is 5.91 Å². The standard InChI is InChI=1S/C15H19N3O2S/c1-9-7-12(17-20-9)15(19)18(3)8-11-5-4-6-13-14(11)16-10(2)21-13/h7,11H,4-6,8H2,1-3H3/t11-/m1/s1. The Hall–Kier alpha value is -1.69. The normalized spacial score (nSPS) is 17.6. The number of amides is 1. The van der Waals surface area contributed by atoms with E-state index in [1.165, 1.54) is 17.0 Å². The van der Waals surface area contributed by atoms with Gasteiger partial charge in [-0.25, -0.2) is 4.98 Å². The molecule has 0 fully saturated rings. The molecule has 2 aromatic rings. The lowest BCUT2D eigenvalue weighted by Crippen LogP contribution is -2.32. The third-order valence-corrected chi connectivity index (χ3v) is 4.91. The first-order valence-corrected chi connectivity index (χ1v) is 8.01. The zero-order valence-electron chi connectivity index (χ0n) is 12.5. The van der Waals surface area contributed by atoms with Crippen LogP contribution >= 0.6 is 11.3 Å². The Labute approximate surface area is 128 Å². The van der Waals surface area contributed by atoms with Crippen molar-refractivity contribution in [2.24, 2.45) is 0 Å². The summed E-state index contributed by atoms with van der Waals surface area (Å²) < 4.78 is 4.98. The maximum Gasteiger partial charge on any atom is 0.275 e. The van der Waals surface area contributed by atoms with Crippen LogP contribution in [0.15, 0.2) is 10.6 Å². The average Bonchev–Trinajstić information content (AvgIpc) is 3.03. The molecule has 0 spiro atoms. The van der Waals surface area contributed by atoms with Crippen LogP contribution in [0.3, 0.4) is 0 Å². The van der Waals surface area contributed by atoms with Crippen LogP contribution in [0.25, 0.3) is 0 Å². The summed E-state index contributed by atoms with van der Waals surface area (Å²) in [5.41, 5.74) is 1.57. The van der Waals surface area contributed by atoms with Crippen molar-refractivity contribution in [3.05, 3.63) is 33.1 Å². The highest BCUT2D eigenvalue weighted by atomic mass is 32.1. The summed E-state index contributed by atoms with van der Waals surface area (Å²) in [4.78, 5) is 20.1. The van der Waals surface area contributed by atoms with Crippen molar-refractivity contribution in [3.63, 3.8) is 0 Å². The van der Waals surface area contributed by atoms with E-state index >= 15 is 0 Å². The van der Waals surface area contributed by atoms with E-state index in [0.29, 0.717) is 23.9 Å². The third kappa shape index (κ3) is 2.85. The first kappa shape index (κ1) is 14.3. The van der Waals surface area contributed by atoms with Gasteiger partial charge in [-0.2, -0.15) is 0 Å². The van der Waals surface area contributed by atoms with Crippen LogP contribution in [-0.4, -0.2) is 34.5 Å². The van der Waals surface area contributed by atoms with Gasteiger partial charge in [0.1, 0.15) is 5.76 Å². The van der Waals surface area contributed by atoms with Crippen molar-refractivity contribution in [2.75, 3.05) is 13.6 Å². The monoisotopic (exact) mass is 305 g/mol. The molecular weight excluding hydrogens is 286 g/mol. The summed E-state index contributed by atoms with van der Waals surface area (Å²) in [7, 11) is 1.82. The van der Waals surface area contributed by atoms with Crippen LogP contribution in [0.5, 0.6) is 0 Å². The van der Waals surface area contributed by atoms with Gasteiger partial charge in [-0.15, -0.1) is 11.3 Å². The molecule has 0 bridgehead atoms. The second-order valence-electron chi connectivity index (χ2n) is 5.64. The molecule has 1 amide bonds. The molecule has 0 saturated carbocycles. The Morgan fingerprint density at radius 1 is 1.52 bits per heavy atom. The average molecular weight is 305 g/mol. The van der Waals surface area contributed by atoms with Gasteiger partial charge in [-0.3, -0.25) is 4.79 Å². The predicted octanol–water partition coefficient (Wildman–Crippen LogP) is 2.94. The molecule has 1 aliphatic carbocycles. The van der Waals surface area contributed by atoms with E-state index in [2.05, 4.69) is 10.1 Å². The van der Waals surface area contributed by atoms with E-state index in [-0.39, 0.29) is 5.91 Å². The van der Waals surface area contributed by atoms with Crippen molar-refractivity contribution in [1.82, 2.24) is 15.0 Å². The first-order chi connectivity index (χ1) is 10.0. The van der Waals surface area contributed by atoms with Crippen LogP contribution in [0.1, 0.15) is 50.6 Å². The van der Waals surface area contributed by atoms with Gasteiger partial charge < -0.3 is 9.42 Å². The van der Waals surface area contributed by atoms with Gasteiger partial charge in [-0.05, 0) is 33.1 Å². The van der Waals surface area contributed by atoms with Gasteiger partial charge >= 0.3 is 0 Å². The highest BCUT2D eigenvalue weighted by Crippen LogP contribution is 2.35. The number of rotatable bonds is 3. The van der Waals surface area contributed by atoms with Gasteiger partial charge in [0.15, 0.2) is 5.69 Å². The second kappa shape index (κ2) is 5.60.